The minimum absolute atomic E-state index is 0.149. The van der Waals surface area contributed by atoms with Crippen LogP contribution in [-0.4, -0.2) is 38.7 Å². The third-order valence-electron chi connectivity index (χ3n) is 5.01. The van der Waals surface area contributed by atoms with Crippen LogP contribution >= 0.6 is 0 Å². The fraction of sp³-hybridized carbons (Fsp3) is 0.579. The highest BCUT2D eigenvalue weighted by Gasteiger charge is 2.28. The first-order chi connectivity index (χ1) is 12.0. The van der Waals surface area contributed by atoms with Crippen LogP contribution in [0.4, 0.5) is 0 Å². The van der Waals surface area contributed by atoms with E-state index < -0.39 is 5.97 Å². The minimum Gasteiger partial charge on any atom is -0.493 e. The van der Waals surface area contributed by atoms with Crippen molar-refractivity contribution in [2.75, 3.05) is 20.8 Å². The normalized spacial score (nSPS) is 22.8. The van der Waals surface area contributed by atoms with E-state index in [0.29, 0.717) is 28.9 Å². The molecule has 1 N–H and O–H groups in total. The van der Waals surface area contributed by atoms with Gasteiger partial charge in [-0.05, 0) is 36.5 Å². The number of carbonyl (C=O) groups excluding carboxylic acids is 2. The Morgan fingerprint density at radius 1 is 1.12 bits per heavy atom. The second-order valence-electron chi connectivity index (χ2n) is 6.59. The number of ether oxygens (including phenoxy) is 3. The molecular formula is C19H27NO5. The average molecular weight is 349 g/mol. The Labute approximate surface area is 148 Å². The number of rotatable bonds is 6. The summed E-state index contributed by atoms with van der Waals surface area (Å²) in [5.41, 5.74) is 0.310. The van der Waals surface area contributed by atoms with Crippen molar-refractivity contribution in [2.24, 2.45) is 11.8 Å². The predicted octanol–water partition coefficient (Wildman–Crippen LogP) is 2.80. The van der Waals surface area contributed by atoms with Gasteiger partial charge in [0.15, 0.2) is 18.1 Å². The van der Waals surface area contributed by atoms with Gasteiger partial charge in [0.25, 0.3) is 5.91 Å². The fourth-order valence-electron chi connectivity index (χ4n) is 3.21. The third kappa shape index (κ3) is 4.87. The second-order valence-corrected chi connectivity index (χ2v) is 6.59. The number of hydrogen-bond donors (Lipinski definition) is 1. The van der Waals surface area contributed by atoms with Gasteiger partial charge in [-0.3, -0.25) is 4.79 Å². The summed E-state index contributed by atoms with van der Waals surface area (Å²) in [7, 11) is 3.01. The summed E-state index contributed by atoms with van der Waals surface area (Å²) in [5.74, 6) is 1.15. The zero-order valence-electron chi connectivity index (χ0n) is 15.3. The van der Waals surface area contributed by atoms with Gasteiger partial charge >= 0.3 is 5.97 Å². The topological polar surface area (TPSA) is 73.9 Å². The van der Waals surface area contributed by atoms with Crippen molar-refractivity contribution in [2.45, 2.75) is 39.2 Å². The number of amides is 1. The third-order valence-corrected chi connectivity index (χ3v) is 5.01. The summed E-state index contributed by atoms with van der Waals surface area (Å²) in [6.07, 6.45) is 3.28. The number of nitrogens with one attached hydrogen (secondary N) is 1. The molecule has 25 heavy (non-hydrogen) atoms. The molecule has 138 valence electrons. The SMILES string of the molecule is COc1ccc(C(=O)OCC(=O)N[C@H]2CCC[C@H](C)[C@@H]2C)cc1OC. The molecule has 1 saturated carbocycles. The van der Waals surface area contributed by atoms with E-state index in [0.717, 1.165) is 12.8 Å². The summed E-state index contributed by atoms with van der Waals surface area (Å²) in [5, 5.41) is 2.99. The van der Waals surface area contributed by atoms with Crippen LogP contribution in [0, 0.1) is 11.8 Å². The maximum atomic E-state index is 12.1. The predicted molar refractivity (Wildman–Crippen MR) is 93.9 cm³/mol. The molecule has 1 aliphatic rings. The minimum atomic E-state index is -0.568. The van der Waals surface area contributed by atoms with Crippen LogP contribution < -0.4 is 14.8 Å². The van der Waals surface area contributed by atoms with Crippen LogP contribution in [0.1, 0.15) is 43.5 Å². The van der Waals surface area contributed by atoms with Gasteiger partial charge in [-0.1, -0.05) is 26.7 Å². The maximum Gasteiger partial charge on any atom is 0.338 e. The Morgan fingerprint density at radius 3 is 2.52 bits per heavy atom. The Bertz CT molecular complexity index is 616. The molecule has 1 aromatic rings. The largest absolute Gasteiger partial charge is 0.493 e. The molecule has 1 amide bonds. The molecule has 0 heterocycles. The molecule has 1 fully saturated rings. The summed E-state index contributed by atoms with van der Waals surface area (Å²) >= 11 is 0. The van der Waals surface area contributed by atoms with Crippen LogP contribution in [-0.2, 0) is 9.53 Å². The maximum absolute atomic E-state index is 12.1. The van der Waals surface area contributed by atoms with Crippen LogP contribution in [0.25, 0.3) is 0 Å². The molecule has 0 unspecified atom stereocenters. The first-order valence-electron chi connectivity index (χ1n) is 8.64. The van der Waals surface area contributed by atoms with Gasteiger partial charge < -0.3 is 19.5 Å². The molecule has 3 atom stereocenters. The second kappa shape index (κ2) is 8.74. The van der Waals surface area contributed by atoms with E-state index in [4.69, 9.17) is 14.2 Å². The van der Waals surface area contributed by atoms with Crippen molar-refractivity contribution < 1.29 is 23.8 Å². The monoisotopic (exact) mass is 349 g/mol. The number of hydrogen-bond acceptors (Lipinski definition) is 5. The molecule has 6 heteroatoms. The molecular weight excluding hydrogens is 322 g/mol. The number of esters is 1. The summed E-state index contributed by atoms with van der Waals surface area (Å²) in [6, 6.07) is 4.88. The van der Waals surface area contributed by atoms with Gasteiger partial charge in [0.2, 0.25) is 0 Å². The molecule has 0 spiro atoms. The smallest absolute Gasteiger partial charge is 0.338 e. The average Bonchev–Trinajstić information content (AvgIpc) is 2.62. The Kier molecular flexibility index (Phi) is 6.67. The lowest BCUT2D eigenvalue weighted by molar-refractivity contribution is -0.125. The van der Waals surface area contributed by atoms with Gasteiger partial charge in [0.05, 0.1) is 19.8 Å². The zero-order chi connectivity index (χ0) is 18.4. The molecule has 0 aliphatic heterocycles. The Hall–Kier alpha value is -2.24. The number of carbonyl (C=O) groups is 2. The van der Waals surface area contributed by atoms with Crippen molar-refractivity contribution in [1.82, 2.24) is 5.32 Å². The van der Waals surface area contributed by atoms with Crippen LogP contribution in [0.2, 0.25) is 0 Å². The first kappa shape index (κ1) is 19.1. The number of methoxy groups -OCH3 is 2. The van der Waals surface area contributed by atoms with Crippen LogP contribution in [0.3, 0.4) is 0 Å². The zero-order valence-corrected chi connectivity index (χ0v) is 15.3. The van der Waals surface area contributed by atoms with E-state index in [9.17, 15) is 9.59 Å². The van der Waals surface area contributed by atoms with E-state index in [1.54, 1.807) is 12.1 Å². The van der Waals surface area contributed by atoms with Crippen molar-refractivity contribution in [3.63, 3.8) is 0 Å². The van der Waals surface area contributed by atoms with Gasteiger partial charge in [-0.25, -0.2) is 4.79 Å². The van der Waals surface area contributed by atoms with Crippen molar-refractivity contribution >= 4 is 11.9 Å². The lowest BCUT2D eigenvalue weighted by atomic mass is 9.78. The molecule has 0 radical (unpaired) electrons. The van der Waals surface area contributed by atoms with Gasteiger partial charge in [-0.15, -0.1) is 0 Å². The van der Waals surface area contributed by atoms with Crippen molar-refractivity contribution in [1.29, 1.82) is 0 Å². The van der Waals surface area contributed by atoms with Gasteiger partial charge in [-0.2, -0.15) is 0 Å². The standard InChI is InChI=1S/C19H27NO5/c1-12-6-5-7-15(13(12)2)20-18(21)11-25-19(22)14-8-9-16(23-3)17(10-14)24-4/h8-10,12-13,15H,5-7,11H2,1-4H3,(H,20,21)/t12-,13-,15-/m0/s1. The lowest BCUT2D eigenvalue weighted by Gasteiger charge is -2.34. The molecule has 0 bridgehead atoms. The highest BCUT2D eigenvalue weighted by atomic mass is 16.5. The van der Waals surface area contributed by atoms with Crippen molar-refractivity contribution in [3.05, 3.63) is 23.8 Å². The Balaban J connectivity index is 1.88. The van der Waals surface area contributed by atoms with E-state index in [1.807, 2.05) is 0 Å². The lowest BCUT2D eigenvalue weighted by Crippen LogP contribution is -2.45. The summed E-state index contributed by atoms with van der Waals surface area (Å²) in [4.78, 5) is 24.2. The number of benzene rings is 1. The quantitative estimate of drug-likeness (QED) is 0.800. The van der Waals surface area contributed by atoms with Gasteiger partial charge in [0.1, 0.15) is 0 Å². The summed E-state index contributed by atoms with van der Waals surface area (Å²) < 4.78 is 15.4. The van der Waals surface area contributed by atoms with E-state index in [1.165, 1.54) is 26.7 Å². The highest BCUT2D eigenvalue weighted by molar-refractivity contribution is 5.92. The van der Waals surface area contributed by atoms with Crippen LogP contribution in [0.15, 0.2) is 18.2 Å². The molecule has 1 aromatic carbocycles. The van der Waals surface area contributed by atoms with Crippen LogP contribution in [0.5, 0.6) is 11.5 Å². The first-order valence-corrected chi connectivity index (χ1v) is 8.64. The molecule has 6 nitrogen and oxygen atoms in total. The Morgan fingerprint density at radius 2 is 1.84 bits per heavy atom. The molecule has 0 aromatic heterocycles. The highest BCUT2D eigenvalue weighted by Crippen LogP contribution is 2.29. The van der Waals surface area contributed by atoms with Crippen molar-refractivity contribution in [3.8, 4) is 11.5 Å². The van der Waals surface area contributed by atoms with E-state index in [-0.39, 0.29) is 18.6 Å². The fourth-order valence-corrected chi connectivity index (χ4v) is 3.21. The van der Waals surface area contributed by atoms with E-state index >= 15 is 0 Å². The summed E-state index contributed by atoms with van der Waals surface area (Å²) in [6.45, 7) is 4.08. The van der Waals surface area contributed by atoms with E-state index in [2.05, 4.69) is 19.2 Å². The molecule has 1 aliphatic carbocycles. The molecule has 0 saturated heterocycles. The molecule has 2 rings (SSSR count). The van der Waals surface area contributed by atoms with Gasteiger partial charge in [0, 0.05) is 6.04 Å².